The van der Waals surface area contributed by atoms with Crippen LogP contribution in [0.1, 0.15) is 23.6 Å². The van der Waals surface area contributed by atoms with E-state index in [4.69, 9.17) is 13.9 Å². The first-order chi connectivity index (χ1) is 15.4. The molecule has 166 valence electrons. The average molecular weight is 434 g/mol. The number of hydrogen-bond acceptors (Lipinski definition) is 5. The second-order valence-corrected chi connectivity index (χ2v) is 7.91. The molecular weight excluding hydrogens is 408 g/mol. The standard InChI is InChI=1S/C25H26N2O5/c1-14(9-16-13-26-20-8-6-5-7-17(16)20)27-24(28)11-19-15(2)18-10-22(30-3)23(31-4)12-21(18)32-25(19)29/h5-8,10,12-14,26H,9,11H2,1-4H3,(H,27,28)/t14-/m1/s1. The van der Waals surface area contributed by atoms with E-state index in [1.165, 1.54) is 7.11 Å². The average Bonchev–Trinajstić information content (AvgIpc) is 3.18. The summed E-state index contributed by atoms with van der Waals surface area (Å²) in [4.78, 5) is 28.6. The van der Waals surface area contributed by atoms with Gasteiger partial charge in [0, 0.05) is 34.6 Å². The Kier molecular flexibility index (Phi) is 5.90. The maximum absolute atomic E-state index is 12.7. The van der Waals surface area contributed by atoms with Gasteiger partial charge in [-0.1, -0.05) is 18.2 Å². The summed E-state index contributed by atoms with van der Waals surface area (Å²) >= 11 is 0. The molecule has 0 fully saturated rings. The summed E-state index contributed by atoms with van der Waals surface area (Å²) in [5.74, 6) is 0.770. The van der Waals surface area contributed by atoms with Gasteiger partial charge in [0.15, 0.2) is 11.5 Å². The van der Waals surface area contributed by atoms with Gasteiger partial charge in [0.1, 0.15) is 5.58 Å². The Morgan fingerprint density at radius 1 is 1.12 bits per heavy atom. The molecule has 1 atom stereocenters. The van der Waals surface area contributed by atoms with Crippen LogP contribution in [0.3, 0.4) is 0 Å². The molecule has 2 aromatic carbocycles. The fraction of sp³-hybridized carbons (Fsp3) is 0.280. The molecule has 0 unspecified atom stereocenters. The smallest absolute Gasteiger partial charge is 0.340 e. The van der Waals surface area contributed by atoms with Gasteiger partial charge in [-0.15, -0.1) is 0 Å². The zero-order valence-corrected chi connectivity index (χ0v) is 18.6. The monoisotopic (exact) mass is 434 g/mol. The summed E-state index contributed by atoms with van der Waals surface area (Å²) < 4.78 is 16.1. The number of H-pyrrole nitrogens is 1. The Morgan fingerprint density at radius 3 is 2.59 bits per heavy atom. The number of benzene rings is 2. The predicted octanol–water partition coefficient (Wildman–Crippen LogP) is 3.89. The minimum Gasteiger partial charge on any atom is -0.493 e. The lowest BCUT2D eigenvalue weighted by atomic mass is 10.0. The van der Waals surface area contributed by atoms with E-state index in [0.29, 0.717) is 40.0 Å². The third-order valence-electron chi connectivity index (χ3n) is 5.74. The first-order valence-electron chi connectivity index (χ1n) is 10.4. The Hall–Kier alpha value is -3.74. The Bertz CT molecular complexity index is 1350. The summed E-state index contributed by atoms with van der Waals surface area (Å²) in [5, 5.41) is 4.84. The van der Waals surface area contributed by atoms with Gasteiger partial charge in [-0.3, -0.25) is 4.79 Å². The number of ether oxygens (including phenoxy) is 2. The summed E-state index contributed by atoms with van der Waals surface area (Å²) in [6.45, 7) is 3.76. The number of carbonyl (C=O) groups is 1. The van der Waals surface area contributed by atoms with Crippen molar-refractivity contribution in [3.8, 4) is 11.5 Å². The third kappa shape index (κ3) is 4.06. The van der Waals surface area contributed by atoms with Crippen molar-refractivity contribution in [3.05, 3.63) is 69.7 Å². The maximum Gasteiger partial charge on any atom is 0.340 e. The number of rotatable bonds is 7. The molecule has 0 spiro atoms. The van der Waals surface area contributed by atoms with Crippen LogP contribution in [-0.2, 0) is 17.6 Å². The Balaban J connectivity index is 1.53. The largest absolute Gasteiger partial charge is 0.493 e. The molecule has 1 amide bonds. The van der Waals surface area contributed by atoms with E-state index in [1.807, 2.05) is 38.2 Å². The summed E-state index contributed by atoms with van der Waals surface area (Å²) in [5.41, 5.74) is 3.09. The molecule has 0 radical (unpaired) electrons. The molecule has 4 rings (SSSR count). The van der Waals surface area contributed by atoms with Gasteiger partial charge >= 0.3 is 5.63 Å². The SMILES string of the molecule is COc1cc2oc(=O)c(CC(=O)N[C@H](C)Cc3c[nH]c4ccccc34)c(C)c2cc1OC. The van der Waals surface area contributed by atoms with E-state index >= 15 is 0 Å². The summed E-state index contributed by atoms with van der Waals surface area (Å²) in [7, 11) is 3.06. The van der Waals surface area contributed by atoms with Gasteiger partial charge in [-0.25, -0.2) is 4.79 Å². The second kappa shape index (κ2) is 8.78. The minimum atomic E-state index is -0.526. The van der Waals surface area contributed by atoms with Gasteiger partial charge < -0.3 is 24.2 Å². The predicted molar refractivity (Wildman–Crippen MR) is 124 cm³/mol. The van der Waals surface area contributed by atoms with Crippen molar-refractivity contribution in [2.75, 3.05) is 14.2 Å². The normalized spacial score (nSPS) is 12.1. The number of amides is 1. The van der Waals surface area contributed by atoms with Crippen molar-refractivity contribution in [1.82, 2.24) is 10.3 Å². The molecule has 0 saturated carbocycles. The van der Waals surface area contributed by atoms with E-state index in [2.05, 4.69) is 16.4 Å². The van der Waals surface area contributed by atoms with Gasteiger partial charge in [-0.05, 0) is 43.5 Å². The number of para-hydroxylation sites is 1. The van der Waals surface area contributed by atoms with Crippen LogP contribution in [0.2, 0.25) is 0 Å². The number of aromatic amines is 1. The van der Waals surface area contributed by atoms with Crippen molar-refractivity contribution in [1.29, 1.82) is 0 Å². The number of carbonyl (C=O) groups excluding carboxylic acids is 1. The summed E-state index contributed by atoms with van der Waals surface area (Å²) in [6, 6.07) is 11.3. The molecule has 32 heavy (non-hydrogen) atoms. The highest BCUT2D eigenvalue weighted by atomic mass is 16.5. The van der Waals surface area contributed by atoms with Crippen LogP contribution < -0.4 is 20.4 Å². The zero-order chi connectivity index (χ0) is 22.8. The molecule has 2 N–H and O–H groups in total. The fourth-order valence-electron chi connectivity index (χ4n) is 4.09. The van der Waals surface area contributed by atoms with E-state index < -0.39 is 5.63 Å². The number of aryl methyl sites for hydroxylation is 1. The number of methoxy groups -OCH3 is 2. The van der Waals surface area contributed by atoms with Gasteiger partial charge in [0.25, 0.3) is 0 Å². The molecule has 4 aromatic rings. The van der Waals surface area contributed by atoms with Crippen molar-refractivity contribution < 1.29 is 18.7 Å². The number of hydrogen-bond donors (Lipinski definition) is 2. The lowest BCUT2D eigenvalue weighted by molar-refractivity contribution is -0.121. The highest BCUT2D eigenvalue weighted by Crippen LogP contribution is 2.33. The Morgan fingerprint density at radius 2 is 1.84 bits per heavy atom. The first kappa shape index (κ1) is 21.5. The molecule has 0 aliphatic rings. The molecule has 7 heteroatoms. The highest BCUT2D eigenvalue weighted by Gasteiger charge is 2.19. The van der Waals surface area contributed by atoms with E-state index in [1.54, 1.807) is 19.2 Å². The first-order valence-corrected chi connectivity index (χ1v) is 10.4. The van der Waals surface area contributed by atoms with Gasteiger partial charge in [0.2, 0.25) is 5.91 Å². The molecule has 2 heterocycles. The minimum absolute atomic E-state index is 0.0589. The van der Waals surface area contributed by atoms with Crippen LogP contribution in [0, 0.1) is 6.92 Å². The summed E-state index contributed by atoms with van der Waals surface area (Å²) in [6.07, 6.45) is 2.59. The molecular formula is C25H26N2O5. The maximum atomic E-state index is 12.7. The lowest BCUT2D eigenvalue weighted by Gasteiger charge is -2.15. The lowest BCUT2D eigenvalue weighted by Crippen LogP contribution is -2.36. The van der Waals surface area contributed by atoms with Crippen LogP contribution in [-0.4, -0.2) is 31.2 Å². The molecule has 0 bridgehead atoms. The van der Waals surface area contributed by atoms with E-state index in [9.17, 15) is 9.59 Å². The van der Waals surface area contributed by atoms with E-state index in [-0.39, 0.29) is 18.4 Å². The second-order valence-electron chi connectivity index (χ2n) is 7.91. The number of nitrogens with one attached hydrogen (secondary N) is 2. The van der Waals surface area contributed by atoms with Crippen LogP contribution in [0.4, 0.5) is 0 Å². The topological polar surface area (TPSA) is 93.6 Å². The van der Waals surface area contributed by atoms with Crippen molar-refractivity contribution in [2.45, 2.75) is 32.7 Å². The molecule has 7 nitrogen and oxygen atoms in total. The van der Waals surface area contributed by atoms with Crippen molar-refractivity contribution >= 4 is 27.8 Å². The van der Waals surface area contributed by atoms with Crippen LogP contribution >= 0.6 is 0 Å². The van der Waals surface area contributed by atoms with Crippen LogP contribution in [0.25, 0.3) is 21.9 Å². The fourth-order valence-corrected chi connectivity index (χ4v) is 4.09. The van der Waals surface area contributed by atoms with Crippen molar-refractivity contribution in [3.63, 3.8) is 0 Å². The van der Waals surface area contributed by atoms with E-state index in [0.717, 1.165) is 16.5 Å². The zero-order valence-electron chi connectivity index (χ0n) is 18.6. The Labute approximate surface area is 185 Å². The van der Waals surface area contributed by atoms with Crippen LogP contribution in [0.15, 0.2) is 51.8 Å². The van der Waals surface area contributed by atoms with Gasteiger partial charge in [0.05, 0.1) is 26.2 Å². The quantitative estimate of drug-likeness (QED) is 0.431. The number of fused-ring (bicyclic) bond motifs is 2. The molecule has 0 aliphatic heterocycles. The van der Waals surface area contributed by atoms with Gasteiger partial charge in [-0.2, -0.15) is 0 Å². The third-order valence-corrected chi connectivity index (χ3v) is 5.74. The van der Waals surface area contributed by atoms with Crippen LogP contribution in [0.5, 0.6) is 11.5 Å². The molecule has 0 saturated heterocycles. The number of aromatic nitrogens is 1. The van der Waals surface area contributed by atoms with Crippen molar-refractivity contribution in [2.24, 2.45) is 0 Å². The molecule has 2 aromatic heterocycles. The highest BCUT2D eigenvalue weighted by molar-refractivity contribution is 5.87. The molecule has 0 aliphatic carbocycles.